The van der Waals surface area contributed by atoms with E-state index in [2.05, 4.69) is 10.6 Å². The summed E-state index contributed by atoms with van der Waals surface area (Å²) in [6, 6.07) is 7.76. The van der Waals surface area contributed by atoms with Crippen LogP contribution in [0.5, 0.6) is 0 Å². The minimum absolute atomic E-state index is 0.0283. The van der Waals surface area contributed by atoms with Gasteiger partial charge in [-0.2, -0.15) is 0 Å². The summed E-state index contributed by atoms with van der Waals surface area (Å²) >= 11 is 0. The number of likely N-dealkylation sites (N-methyl/N-ethyl adjacent to an activating group) is 1. The van der Waals surface area contributed by atoms with Gasteiger partial charge in [-0.3, -0.25) is 4.79 Å². The number of aromatic nitrogens is 1. The molecule has 2 heterocycles. The maximum absolute atomic E-state index is 12.3. The zero-order valence-corrected chi connectivity index (χ0v) is 16.8. The van der Waals surface area contributed by atoms with Crippen LogP contribution in [0.15, 0.2) is 24.3 Å². The molecule has 152 valence electrons. The summed E-state index contributed by atoms with van der Waals surface area (Å²) in [4.78, 5) is 25.7. The highest BCUT2D eigenvalue weighted by molar-refractivity contribution is 6.00. The molecule has 3 rings (SSSR count). The van der Waals surface area contributed by atoms with Gasteiger partial charge in [-0.05, 0) is 45.0 Å². The Hall–Kier alpha value is -2.74. The molecule has 8 heteroatoms. The van der Waals surface area contributed by atoms with E-state index in [4.69, 9.17) is 4.74 Å². The molecule has 0 unspecified atom stereocenters. The van der Waals surface area contributed by atoms with E-state index in [-0.39, 0.29) is 19.0 Å². The van der Waals surface area contributed by atoms with Crippen LogP contribution in [0.1, 0.15) is 31.3 Å². The smallest absolute Gasteiger partial charge is 0.407 e. The van der Waals surface area contributed by atoms with E-state index < -0.39 is 17.8 Å². The Morgan fingerprint density at radius 3 is 2.71 bits per heavy atom. The normalized spacial score (nSPS) is 15.3. The summed E-state index contributed by atoms with van der Waals surface area (Å²) in [6.45, 7) is 7.20. The average molecular weight is 388 g/mol. The third kappa shape index (κ3) is 4.56. The molecule has 0 aliphatic carbocycles. The highest BCUT2D eigenvalue weighted by Crippen LogP contribution is 2.26. The fourth-order valence-corrected chi connectivity index (χ4v) is 3.17. The van der Waals surface area contributed by atoms with E-state index in [1.54, 1.807) is 25.7 Å². The Kier molecular flexibility index (Phi) is 5.51. The van der Waals surface area contributed by atoms with E-state index >= 15 is 0 Å². The lowest BCUT2D eigenvalue weighted by atomic mass is 10.2. The maximum atomic E-state index is 12.3. The molecule has 0 fully saturated rings. The first kappa shape index (κ1) is 20.0. The molecule has 1 atom stereocenters. The van der Waals surface area contributed by atoms with Crippen molar-refractivity contribution in [2.75, 3.05) is 32.0 Å². The topological polar surface area (TPSA) is 95.8 Å². The molecule has 0 radical (unpaired) electrons. The lowest BCUT2D eigenvalue weighted by molar-refractivity contribution is 0.0496. The lowest BCUT2D eigenvalue weighted by Crippen LogP contribution is -2.39. The molecule has 0 bridgehead atoms. The van der Waals surface area contributed by atoms with Gasteiger partial charge < -0.3 is 29.9 Å². The van der Waals surface area contributed by atoms with E-state index in [1.165, 1.54) is 0 Å². The number of nitrogens with zero attached hydrogens (tertiary/aromatic N) is 2. The third-order valence-electron chi connectivity index (χ3n) is 4.55. The van der Waals surface area contributed by atoms with Crippen LogP contribution in [0.25, 0.3) is 10.9 Å². The molecule has 0 saturated heterocycles. The Balaban J connectivity index is 1.58. The van der Waals surface area contributed by atoms with Crippen molar-refractivity contribution in [1.29, 1.82) is 0 Å². The van der Waals surface area contributed by atoms with Gasteiger partial charge >= 0.3 is 6.09 Å². The molecular formula is C20H28N4O4. The zero-order valence-electron chi connectivity index (χ0n) is 16.8. The van der Waals surface area contributed by atoms with Gasteiger partial charge in [0.1, 0.15) is 11.3 Å². The molecule has 2 amide bonds. The number of carbonyl (C=O) groups is 2. The molecule has 1 aromatic carbocycles. The summed E-state index contributed by atoms with van der Waals surface area (Å²) in [6.07, 6.45) is -1.32. The number of aliphatic hydroxyl groups is 1. The number of benzene rings is 1. The van der Waals surface area contributed by atoms with Gasteiger partial charge in [0, 0.05) is 49.8 Å². The standard InChI is InChI=1S/C20H28N4O4/c1-20(2,3)28-19(27)22-12-15(25)11-21-14-5-6-16-13(9-14)10-17-18(26)23(4)7-8-24(16)17/h5-6,9-10,15,21,25H,7-8,11-12H2,1-4H3,(H,22,27)/t15-/m1/s1. The summed E-state index contributed by atoms with van der Waals surface area (Å²) in [5.74, 6) is 0.0283. The Morgan fingerprint density at radius 2 is 2.00 bits per heavy atom. The maximum Gasteiger partial charge on any atom is 0.407 e. The minimum atomic E-state index is -0.763. The SMILES string of the molecule is CN1CCn2c(cc3cc(NC[C@@H](O)CNC(=O)OC(C)(C)C)ccc32)C1=O. The largest absolute Gasteiger partial charge is 0.444 e. The van der Waals surface area contributed by atoms with Crippen molar-refractivity contribution in [1.82, 2.24) is 14.8 Å². The van der Waals surface area contributed by atoms with Gasteiger partial charge in [0.25, 0.3) is 5.91 Å². The second-order valence-corrected chi connectivity index (χ2v) is 8.10. The van der Waals surface area contributed by atoms with Crippen LogP contribution in [0.3, 0.4) is 0 Å². The van der Waals surface area contributed by atoms with Crippen LogP contribution in [-0.2, 0) is 11.3 Å². The first-order valence-electron chi connectivity index (χ1n) is 9.41. The number of amides is 2. The van der Waals surface area contributed by atoms with E-state index in [0.29, 0.717) is 12.2 Å². The van der Waals surface area contributed by atoms with Gasteiger partial charge in [-0.25, -0.2) is 4.79 Å². The number of alkyl carbamates (subject to hydrolysis) is 1. The van der Waals surface area contributed by atoms with Crippen molar-refractivity contribution >= 4 is 28.6 Å². The van der Waals surface area contributed by atoms with E-state index in [1.807, 2.05) is 35.9 Å². The second kappa shape index (κ2) is 7.71. The van der Waals surface area contributed by atoms with Crippen molar-refractivity contribution in [3.63, 3.8) is 0 Å². The third-order valence-corrected chi connectivity index (χ3v) is 4.55. The van der Waals surface area contributed by atoms with Gasteiger partial charge in [-0.15, -0.1) is 0 Å². The first-order chi connectivity index (χ1) is 13.1. The average Bonchev–Trinajstić information content (AvgIpc) is 2.98. The van der Waals surface area contributed by atoms with Crippen LogP contribution >= 0.6 is 0 Å². The lowest BCUT2D eigenvalue weighted by Gasteiger charge is -2.24. The zero-order chi connectivity index (χ0) is 20.5. The summed E-state index contributed by atoms with van der Waals surface area (Å²) in [5.41, 5.74) is 1.99. The van der Waals surface area contributed by atoms with Crippen molar-refractivity contribution < 1.29 is 19.4 Å². The number of hydrogen-bond donors (Lipinski definition) is 3. The van der Waals surface area contributed by atoms with Crippen molar-refractivity contribution in [3.05, 3.63) is 30.0 Å². The fourth-order valence-electron chi connectivity index (χ4n) is 3.17. The van der Waals surface area contributed by atoms with Crippen molar-refractivity contribution in [3.8, 4) is 0 Å². The second-order valence-electron chi connectivity index (χ2n) is 8.10. The number of fused-ring (bicyclic) bond motifs is 3. The Bertz CT molecular complexity index is 884. The van der Waals surface area contributed by atoms with Crippen molar-refractivity contribution in [2.45, 2.75) is 39.0 Å². The van der Waals surface area contributed by atoms with Gasteiger partial charge in [0.05, 0.1) is 6.10 Å². The molecule has 3 N–H and O–H groups in total. The Labute approximate surface area is 164 Å². The molecule has 1 aliphatic rings. The first-order valence-corrected chi connectivity index (χ1v) is 9.41. The molecule has 28 heavy (non-hydrogen) atoms. The van der Waals surface area contributed by atoms with Crippen molar-refractivity contribution in [2.24, 2.45) is 0 Å². The summed E-state index contributed by atoms with van der Waals surface area (Å²) in [7, 11) is 1.81. The highest BCUT2D eigenvalue weighted by Gasteiger charge is 2.23. The van der Waals surface area contributed by atoms with Gasteiger partial charge in [0.15, 0.2) is 0 Å². The predicted octanol–water partition coefficient (Wildman–Crippen LogP) is 2.02. The number of rotatable bonds is 5. The molecule has 1 aliphatic heterocycles. The molecular weight excluding hydrogens is 360 g/mol. The van der Waals surface area contributed by atoms with Crippen LogP contribution in [0.4, 0.5) is 10.5 Å². The monoisotopic (exact) mass is 388 g/mol. The van der Waals surface area contributed by atoms with Gasteiger partial charge in [0.2, 0.25) is 0 Å². The predicted molar refractivity (Wildman–Crippen MR) is 108 cm³/mol. The van der Waals surface area contributed by atoms with Crippen LogP contribution < -0.4 is 10.6 Å². The summed E-state index contributed by atoms with van der Waals surface area (Å²) in [5, 5.41) is 16.8. The Morgan fingerprint density at radius 1 is 1.25 bits per heavy atom. The number of ether oxygens (including phenoxy) is 1. The summed E-state index contributed by atoms with van der Waals surface area (Å²) < 4.78 is 7.18. The molecule has 0 spiro atoms. The van der Waals surface area contributed by atoms with E-state index in [9.17, 15) is 14.7 Å². The highest BCUT2D eigenvalue weighted by atomic mass is 16.6. The fraction of sp³-hybridized carbons (Fsp3) is 0.500. The van der Waals surface area contributed by atoms with Gasteiger partial charge in [-0.1, -0.05) is 0 Å². The number of aliphatic hydroxyl groups excluding tert-OH is 1. The molecule has 8 nitrogen and oxygen atoms in total. The number of hydrogen-bond acceptors (Lipinski definition) is 5. The van der Waals surface area contributed by atoms with Crippen LogP contribution in [0, 0.1) is 0 Å². The number of anilines is 1. The van der Waals surface area contributed by atoms with Crippen LogP contribution in [0.2, 0.25) is 0 Å². The molecule has 1 aromatic heterocycles. The number of carbonyl (C=O) groups excluding carboxylic acids is 2. The molecule has 0 saturated carbocycles. The van der Waals surface area contributed by atoms with Crippen LogP contribution in [-0.4, -0.2) is 65.0 Å². The quantitative estimate of drug-likeness (QED) is 0.728. The minimum Gasteiger partial charge on any atom is -0.444 e. The number of nitrogens with one attached hydrogen (secondary N) is 2. The molecule has 2 aromatic rings. The van der Waals surface area contributed by atoms with E-state index in [0.717, 1.165) is 23.1 Å².